The Kier molecular flexibility index (Phi) is 3.17. The Morgan fingerprint density at radius 1 is 1.28 bits per heavy atom. The van der Waals surface area contributed by atoms with Crippen molar-refractivity contribution in [2.24, 2.45) is 22.7 Å². The van der Waals surface area contributed by atoms with E-state index in [0.717, 1.165) is 6.42 Å². The first-order valence-electron chi connectivity index (χ1n) is 7.41. The molecule has 2 heteroatoms. The summed E-state index contributed by atoms with van der Waals surface area (Å²) in [6, 6.07) is 0. The number of hydrogen-bond donors (Lipinski definition) is 1. The number of ketones is 1. The van der Waals surface area contributed by atoms with Gasteiger partial charge in [-0.15, -0.1) is 0 Å². The van der Waals surface area contributed by atoms with Crippen LogP contribution in [0.3, 0.4) is 0 Å². The lowest BCUT2D eigenvalue weighted by Crippen LogP contribution is -2.38. The first kappa shape index (κ1) is 14.0. The lowest BCUT2D eigenvalue weighted by molar-refractivity contribution is -0.138. The van der Waals surface area contributed by atoms with E-state index in [1.165, 1.54) is 12.8 Å². The molecule has 2 nitrogen and oxygen atoms in total. The zero-order valence-corrected chi connectivity index (χ0v) is 12.5. The fourth-order valence-corrected chi connectivity index (χ4v) is 5.12. The maximum absolute atomic E-state index is 12.4. The number of fused-ring (bicyclic) bond motifs is 1. The van der Waals surface area contributed by atoms with Crippen molar-refractivity contribution in [3.63, 3.8) is 0 Å². The number of aliphatic hydroxyl groups is 1. The van der Waals surface area contributed by atoms with Gasteiger partial charge < -0.3 is 5.11 Å². The maximum atomic E-state index is 12.4. The molecule has 2 aliphatic carbocycles. The highest BCUT2D eigenvalue weighted by molar-refractivity contribution is 5.87. The highest BCUT2D eigenvalue weighted by Crippen LogP contribution is 2.62. The van der Waals surface area contributed by atoms with Crippen LogP contribution in [-0.4, -0.2) is 16.5 Å². The number of rotatable bonds is 1. The van der Waals surface area contributed by atoms with Crippen LogP contribution >= 0.6 is 0 Å². The van der Waals surface area contributed by atoms with Crippen LogP contribution in [0.5, 0.6) is 0 Å². The van der Waals surface area contributed by atoms with Gasteiger partial charge >= 0.3 is 0 Å². The van der Waals surface area contributed by atoms with Gasteiger partial charge in [-0.25, -0.2) is 0 Å². The molecule has 2 fully saturated rings. The maximum Gasteiger partial charge on any atom is 0.164 e. The average Bonchev–Trinajstić information content (AvgIpc) is 2.52. The second-order valence-corrected chi connectivity index (χ2v) is 7.66. The normalized spacial score (nSPS) is 47.8. The highest BCUT2D eigenvalue weighted by atomic mass is 16.3. The molecule has 2 saturated carbocycles. The van der Waals surface area contributed by atoms with Crippen molar-refractivity contribution in [1.29, 1.82) is 0 Å². The Bertz CT molecular complexity index is 356. The lowest BCUT2D eigenvalue weighted by Gasteiger charge is -2.44. The fraction of sp³-hybridized carbons (Fsp3) is 0.938. The van der Waals surface area contributed by atoms with Crippen LogP contribution < -0.4 is 0 Å². The molecule has 4 atom stereocenters. The molecule has 0 heterocycles. The average molecular weight is 252 g/mol. The second-order valence-electron chi connectivity index (χ2n) is 7.66. The zero-order chi connectivity index (χ0) is 13.8. The van der Waals surface area contributed by atoms with Crippen LogP contribution in [0.15, 0.2) is 0 Å². The second kappa shape index (κ2) is 4.06. The van der Waals surface area contributed by atoms with Crippen LogP contribution in [0.1, 0.15) is 66.7 Å². The van der Waals surface area contributed by atoms with Crippen molar-refractivity contribution >= 4 is 5.78 Å². The summed E-state index contributed by atoms with van der Waals surface area (Å²) in [5.74, 6) is 1.24. The quantitative estimate of drug-likeness (QED) is 0.774. The van der Waals surface area contributed by atoms with Crippen molar-refractivity contribution in [2.45, 2.75) is 72.3 Å². The van der Waals surface area contributed by atoms with E-state index >= 15 is 0 Å². The summed E-state index contributed by atoms with van der Waals surface area (Å²) in [6.45, 7) is 10.7. The van der Waals surface area contributed by atoms with Crippen LogP contribution in [0.25, 0.3) is 0 Å². The molecule has 0 aliphatic heterocycles. The van der Waals surface area contributed by atoms with E-state index < -0.39 is 5.60 Å². The molecule has 18 heavy (non-hydrogen) atoms. The largest absolute Gasteiger partial charge is 0.382 e. The minimum absolute atomic E-state index is 0.0520. The number of carbonyl (C=O) groups is 1. The summed E-state index contributed by atoms with van der Waals surface area (Å²) < 4.78 is 0. The molecular formula is C16H28O2. The summed E-state index contributed by atoms with van der Waals surface area (Å²) in [6.07, 6.45) is 4.69. The van der Waals surface area contributed by atoms with E-state index in [1.807, 2.05) is 0 Å². The molecule has 1 unspecified atom stereocenters. The SMILES string of the molecule is CC[C@]12CC(=O)[C@](C)(O)CC(C)(C)C1CC[C@H]2C. The number of hydrogen-bond acceptors (Lipinski definition) is 2. The Morgan fingerprint density at radius 3 is 2.44 bits per heavy atom. The molecule has 0 amide bonds. The highest BCUT2D eigenvalue weighted by Gasteiger charge is 2.58. The molecule has 0 aromatic carbocycles. The van der Waals surface area contributed by atoms with E-state index in [1.54, 1.807) is 6.92 Å². The van der Waals surface area contributed by atoms with Gasteiger partial charge in [0.2, 0.25) is 0 Å². The van der Waals surface area contributed by atoms with Gasteiger partial charge in [0.15, 0.2) is 5.78 Å². The minimum atomic E-state index is -1.13. The summed E-state index contributed by atoms with van der Waals surface area (Å²) in [4.78, 5) is 12.4. The first-order chi connectivity index (χ1) is 8.16. The van der Waals surface area contributed by atoms with Crippen molar-refractivity contribution in [1.82, 2.24) is 0 Å². The van der Waals surface area contributed by atoms with E-state index in [0.29, 0.717) is 24.7 Å². The van der Waals surface area contributed by atoms with Gasteiger partial charge in [-0.3, -0.25) is 4.79 Å². The topological polar surface area (TPSA) is 37.3 Å². The zero-order valence-electron chi connectivity index (χ0n) is 12.5. The van der Waals surface area contributed by atoms with E-state index in [4.69, 9.17) is 0 Å². The molecule has 0 spiro atoms. The number of Topliss-reactive ketones (excluding diaryl/α,β-unsaturated/α-hetero) is 1. The van der Waals surface area contributed by atoms with Crippen LogP contribution in [0.2, 0.25) is 0 Å². The van der Waals surface area contributed by atoms with Gasteiger partial charge in [-0.1, -0.05) is 27.7 Å². The Hall–Kier alpha value is -0.370. The number of carbonyl (C=O) groups excluding carboxylic acids is 1. The predicted octanol–water partition coefficient (Wildman–Crippen LogP) is 3.57. The van der Waals surface area contributed by atoms with Crippen molar-refractivity contribution in [3.05, 3.63) is 0 Å². The van der Waals surface area contributed by atoms with Gasteiger partial charge in [0.05, 0.1) is 0 Å². The molecule has 2 aliphatic rings. The van der Waals surface area contributed by atoms with Crippen molar-refractivity contribution in [3.8, 4) is 0 Å². The van der Waals surface area contributed by atoms with Gasteiger partial charge in [0, 0.05) is 6.42 Å². The van der Waals surface area contributed by atoms with E-state index in [9.17, 15) is 9.90 Å². The lowest BCUT2D eigenvalue weighted by atomic mass is 9.60. The Morgan fingerprint density at radius 2 is 1.89 bits per heavy atom. The molecule has 0 radical (unpaired) electrons. The molecule has 0 aromatic heterocycles. The van der Waals surface area contributed by atoms with Crippen molar-refractivity contribution < 1.29 is 9.90 Å². The van der Waals surface area contributed by atoms with Crippen LogP contribution in [-0.2, 0) is 4.79 Å². The molecule has 0 saturated heterocycles. The third-order valence-corrected chi connectivity index (χ3v) is 6.06. The van der Waals surface area contributed by atoms with Crippen molar-refractivity contribution in [2.75, 3.05) is 0 Å². The predicted molar refractivity (Wildman–Crippen MR) is 73.3 cm³/mol. The minimum Gasteiger partial charge on any atom is -0.382 e. The van der Waals surface area contributed by atoms with Crippen LogP contribution in [0.4, 0.5) is 0 Å². The summed E-state index contributed by atoms with van der Waals surface area (Å²) in [5.41, 5.74) is -0.951. The summed E-state index contributed by atoms with van der Waals surface area (Å²) in [7, 11) is 0. The molecule has 104 valence electrons. The fourth-order valence-electron chi connectivity index (χ4n) is 5.12. The standard InChI is InChI=1S/C16H28O2/c1-6-16-9-13(17)15(5,18)10-14(3,4)12(16)8-7-11(16)2/h11-12,18H,6-10H2,1-5H3/t11-,12?,15-,16-/m1/s1. The van der Waals surface area contributed by atoms with Gasteiger partial charge in [0.1, 0.15) is 5.60 Å². The van der Waals surface area contributed by atoms with Gasteiger partial charge in [-0.05, 0) is 55.3 Å². The Balaban J connectivity index is 2.49. The molecule has 0 bridgehead atoms. The van der Waals surface area contributed by atoms with E-state index in [-0.39, 0.29) is 16.6 Å². The third kappa shape index (κ3) is 1.84. The third-order valence-electron chi connectivity index (χ3n) is 6.06. The Labute approximate surface area is 111 Å². The monoisotopic (exact) mass is 252 g/mol. The van der Waals surface area contributed by atoms with Gasteiger partial charge in [0.25, 0.3) is 0 Å². The van der Waals surface area contributed by atoms with E-state index in [2.05, 4.69) is 27.7 Å². The first-order valence-corrected chi connectivity index (χ1v) is 7.41. The van der Waals surface area contributed by atoms with Gasteiger partial charge in [-0.2, -0.15) is 0 Å². The van der Waals surface area contributed by atoms with Crippen LogP contribution in [0, 0.1) is 22.7 Å². The molecule has 1 N–H and O–H groups in total. The molecule has 2 rings (SSSR count). The smallest absolute Gasteiger partial charge is 0.164 e. The molecular weight excluding hydrogens is 224 g/mol. The molecule has 0 aromatic rings. The summed E-state index contributed by atoms with van der Waals surface area (Å²) >= 11 is 0. The summed E-state index contributed by atoms with van der Waals surface area (Å²) in [5, 5.41) is 10.5.